The van der Waals surface area contributed by atoms with Gasteiger partial charge in [-0.2, -0.15) is 5.10 Å². The number of carbonyl (C=O) groups is 1. The quantitative estimate of drug-likeness (QED) is 0.844. The Bertz CT molecular complexity index is 635. The van der Waals surface area contributed by atoms with Crippen LogP contribution in [0.2, 0.25) is 0 Å². The third kappa shape index (κ3) is 4.01. The first-order valence-electron chi connectivity index (χ1n) is 8.61. The van der Waals surface area contributed by atoms with E-state index in [1.807, 2.05) is 29.1 Å². The Hall–Kier alpha value is -2.10. The summed E-state index contributed by atoms with van der Waals surface area (Å²) in [5.74, 6) is 0.299. The van der Waals surface area contributed by atoms with E-state index in [1.165, 1.54) is 12.0 Å². The summed E-state index contributed by atoms with van der Waals surface area (Å²) in [5, 5.41) is 4.41. The maximum atomic E-state index is 12.3. The van der Waals surface area contributed by atoms with Gasteiger partial charge in [-0.3, -0.25) is 9.48 Å². The molecule has 0 spiro atoms. The fourth-order valence-electron chi connectivity index (χ4n) is 3.27. The molecule has 4 nitrogen and oxygen atoms in total. The zero-order valence-corrected chi connectivity index (χ0v) is 13.8. The largest absolute Gasteiger partial charge is 0.340 e. The van der Waals surface area contributed by atoms with E-state index < -0.39 is 0 Å². The lowest BCUT2D eigenvalue weighted by Gasteiger charge is -2.33. The number of likely N-dealkylation sites (tertiary alicyclic amines) is 1. The van der Waals surface area contributed by atoms with E-state index in [9.17, 15) is 4.79 Å². The lowest BCUT2D eigenvalue weighted by molar-refractivity contribution is -0.134. The first kappa shape index (κ1) is 15.8. The number of aryl methyl sites for hydroxylation is 1. The van der Waals surface area contributed by atoms with E-state index in [1.54, 1.807) is 0 Å². The zero-order chi connectivity index (χ0) is 16.1. The Morgan fingerprint density at radius 2 is 2.04 bits per heavy atom. The van der Waals surface area contributed by atoms with Gasteiger partial charge < -0.3 is 4.90 Å². The summed E-state index contributed by atoms with van der Waals surface area (Å²) in [7, 11) is 0. The number of rotatable bonds is 5. The molecule has 2 heterocycles. The number of carbonyl (C=O) groups excluding carboxylic acids is 1. The lowest BCUT2D eigenvalue weighted by Crippen LogP contribution is -2.41. The topological polar surface area (TPSA) is 38.1 Å². The summed E-state index contributed by atoms with van der Waals surface area (Å²) in [4.78, 5) is 14.4. The molecule has 122 valence electrons. The molecule has 0 aliphatic carbocycles. The highest BCUT2D eigenvalue weighted by Gasteiger charge is 2.22. The summed E-state index contributed by atoms with van der Waals surface area (Å²) in [5.41, 5.74) is 2.30. The van der Waals surface area contributed by atoms with E-state index in [-0.39, 0.29) is 0 Å². The molecule has 1 aliphatic rings. The Labute approximate surface area is 138 Å². The molecule has 1 aromatic heterocycles. The van der Waals surface area contributed by atoms with Gasteiger partial charge >= 0.3 is 0 Å². The highest BCUT2D eigenvalue weighted by molar-refractivity contribution is 5.76. The minimum Gasteiger partial charge on any atom is -0.340 e. The first-order valence-corrected chi connectivity index (χ1v) is 8.61. The van der Waals surface area contributed by atoms with Gasteiger partial charge in [0.1, 0.15) is 0 Å². The monoisotopic (exact) mass is 311 g/mol. The molecule has 3 rings (SSSR count). The molecule has 0 bridgehead atoms. The zero-order valence-electron chi connectivity index (χ0n) is 13.8. The Balaban J connectivity index is 1.49. The van der Waals surface area contributed by atoms with Crippen molar-refractivity contribution in [3.8, 4) is 11.1 Å². The van der Waals surface area contributed by atoms with Gasteiger partial charge in [0.15, 0.2) is 0 Å². The van der Waals surface area contributed by atoms with Crippen LogP contribution >= 0.6 is 0 Å². The maximum Gasteiger partial charge on any atom is 0.222 e. The Kier molecular flexibility index (Phi) is 5.11. The second-order valence-electron chi connectivity index (χ2n) is 6.39. The third-order valence-electron chi connectivity index (χ3n) is 4.64. The van der Waals surface area contributed by atoms with Gasteiger partial charge in [0.25, 0.3) is 0 Å². The molecule has 2 aromatic rings. The molecule has 1 saturated heterocycles. The van der Waals surface area contributed by atoms with Crippen LogP contribution in [0.4, 0.5) is 0 Å². The van der Waals surface area contributed by atoms with Crippen molar-refractivity contribution >= 4 is 5.91 Å². The molecule has 1 atom stereocenters. The summed E-state index contributed by atoms with van der Waals surface area (Å²) >= 11 is 0. The van der Waals surface area contributed by atoms with Crippen molar-refractivity contribution in [3.05, 3.63) is 42.7 Å². The van der Waals surface area contributed by atoms with Crippen LogP contribution in [0.1, 0.15) is 39.0 Å². The molecule has 23 heavy (non-hydrogen) atoms. The minimum absolute atomic E-state index is 0.299. The predicted octanol–water partition coefficient (Wildman–Crippen LogP) is 3.73. The highest BCUT2D eigenvalue weighted by atomic mass is 16.2. The van der Waals surface area contributed by atoms with E-state index in [0.29, 0.717) is 18.4 Å². The number of piperidine rings is 1. The second kappa shape index (κ2) is 7.44. The van der Waals surface area contributed by atoms with Gasteiger partial charge in [-0.05, 0) is 38.2 Å². The molecular formula is C19H25N3O. The van der Waals surface area contributed by atoms with Gasteiger partial charge in [0.05, 0.1) is 6.20 Å². The summed E-state index contributed by atoms with van der Waals surface area (Å²) < 4.78 is 1.94. The minimum atomic E-state index is 0.299. The van der Waals surface area contributed by atoms with Gasteiger partial charge in [-0.15, -0.1) is 0 Å². The van der Waals surface area contributed by atoms with E-state index in [0.717, 1.165) is 37.9 Å². The molecule has 0 saturated carbocycles. The van der Waals surface area contributed by atoms with Crippen molar-refractivity contribution in [1.82, 2.24) is 14.7 Å². The second-order valence-corrected chi connectivity index (χ2v) is 6.39. The van der Waals surface area contributed by atoms with Gasteiger partial charge in [0, 0.05) is 37.3 Å². The van der Waals surface area contributed by atoms with Crippen molar-refractivity contribution < 1.29 is 4.79 Å². The molecular weight excluding hydrogens is 286 g/mol. The number of nitrogens with zero attached hydrogens (tertiary/aromatic N) is 3. The summed E-state index contributed by atoms with van der Waals surface area (Å²) in [6.07, 6.45) is 8.96. The average molecular weight is 311 g/mol. The maximum absolute atomic E-state index is 12.3. The van der Waals surface area contributed by atoms with Crippen molar-refractivity contribution in [2.45, 2.75) is 51.6 Å². The van der Waals surface area contributed by atoms with Crippen molar-refractivity contribution in [3.63, 3.8) is 0 Å². The van der Waals surface area contributed by atoms with Crippen LogP contribution in [-0.2, 0) is 11.3 Å². The lowest BCUT2D eigenvalue weighted by atomic mass is 10.0. The van der Waals surface area contributed by atoms with Crippen LogP contribution in [0.15, 0.2) is 42.7 Å². The van der Waals surface area contributed by atoms with Crippen molar-refractivity contribution in [1.29, 1.82) is 0 Å². The first-order chi connectivity index (χ1) is 11.2. The average Bonchev–Trinajstić information content (AvgIpc) is 3.05. The summed E-state index contributed by atoms with van der Waals surface area (Å²) in [6.45, 7) is 3.89. The van der Waals surface area contributed by atoms with Crippen LogP contribution in [0, 0.1) is 0 Å². The molecule has 1 fully saturated rings. The van der Waals surface area contributed by atoms with E-state index in [2.05, 4.69) is 35.3 Å². The highest BCUT2D eigenvalue weighted by Crippen LogP contribution is 2.19. The van der Waals surface area contributed by atoms with Crippen LogP contribution in [-0.4, -0.2) is 33.2 Å². The fourth-order valence-corrected chi connectivity index (χ4v) is 3.27. The summed E-state index contributed by atoms with van der Waals surface area (Å²) in [6, 6.07) is 10.7. The van der Waals surface area contributed by atoms with Gasteiger partial charge in [0.2, 0.25) is 5.91 Å². The fraction of sp³-hybridized carbons (Fsp3) is 0.474. The SMILES string of the molecule is C[C@@H]1CCCCN1C(=O)CCCn1cc(-c2ccccc2)cn1. The number of aromatic nitrogens is 2. The molecule has 0 radical (unpaired) electrons. The van der Waals surface area contributed by atoms with Crippen molar-refractivity contribution in [2.24, 2.45) is 0 Å². The standard InChI is InChI=1S/C19H25N3O/c1-16-8-5-6-13-22(16)19(23)11-7-12-21-15-18(14-20-21)17-9-3-2-4-10-17/h2-4,9-10,14-16H,5-8,11-13H2,1H3/t16-/m1/s1. The Morgan fingerprint density at radius 1 is 1.22 bits per heavy atom. The number of amides is 1. The van der Waals surface area contributed by atoms with E-state index in [4.69, 9.17) is 0 Å². The van der Waals surface area contributed by atoms with Crippen LogP contribution in [0.25, 0.3) is 11.1 Å². The number of benzene rings is 1. The van der Waals surface area contributed by atoms with Gasteiger partial charge in [-0.1, -0.05) is 30.3 Å². The number of hydrogen-bond acceptors (Lipinski definition) is 2. The van der Waals surface area contributed by atoms with Crippen LogP contribution < -0.4 is 0 Å². The van der Waals surface area contributed by atoms with Crippen LogP contribution in [0.3, 0.4) is 0 Å². The van der Waals surface area contributed by atoms with Gasteiger partial charge in [-0.25, -0.2) is 0 Å². The third-order valence-corrected chi connectivity index (χ3v) is 4.64. The predicted molar refractivity (Wildman–Crippen MR) is 91.9 cm³/mol. The van der Waals surface area contributed by atoms with E-state index >= 15 is 0 Å². The molecule has 1 amide bonds. The smallest absolute Gasteiger partial charge is 0.222 e. The number of hydrogen-bond donors (Lipinski definition) is 0. The normalized spacial score (nSPS) is 18.1. The molecule has 1 aliphatic heterocycles. The molecule has 1 aromatic carbocycles. The molecule has 0 N–H and O–H groups in total. The Morgan fingerprint density at radius 3 is 2.83 bits per heavy atom. The van der Waals surface area contributed by atoms with Crippen molar-refractivity contribution in [2.75, 3.05) is 6.54 Å². The molecule has 0 unspecified atom stereocenters. The molecule has 4 heteroatoms. The van der Waals surface area contributed by atoms with Crippen LogP contribution in [0.5, 0.6) is 0 Å².